The number of rotatable bonds is 9. The standard InChI is InChI=1S/C18H21N3O4/c1-2-16(8-3-14-4-9-17(10-5-14)20(22)23)19-13-15-6-11-18(12-7-15)21(24)25/h4-7,9-12,16,19H,2-3,8,13H2,1H3. The van der Waals surface area contributed by atoms with Crippen LogP contribution in [0.5, 0.6) is 0 Å². The number of hydrogen-bond acceptors (Lipinski definition) is 5. The highest BCUT2D eigenvalue weighted by Gasteiger charge is 2.09. The van der Waals surface area contributed by atoms with E-state index in [0.29, 0.717) is 12.6 Å². The third kappa shape index (κ3) is 5.65. The molecule has 7 nitrogen and oxygen atoms in total. The van der Waals surface area contributed by atoms with Crippen molar-refractivity contribution in [3.63, 3.8) is 0 Å². The van der Waals surface area contributed by atoms with Crippen LogP contribution in [0.2, 0.25) is 0 Å². The third-order valence-corrected chi connectivity index (χ3v) is 4.16. The van der Waals surface area contributed by atoms with Crippen LogP contribution in [-0.4, -0.2) is 15.9 Å². The summed E-state index contributed by atoms with van der Waals surface area (Å²) in [6, 6.07) is 13.5. The number of nitro benzene ring substituents is 2. The van der Waals surface area contributed by atoms with Crippen LogP contribution in [0.15, 0.2) is 48.5 Å². The molecule has 0 bridgehead atoms. The SMILES string of the molecule is CCC(CCc1ccc([N+](=O)[O-])cc1)NCc1ccc([N+](=O)[O-])cc1. The fourth-order valence-electron chi connectivity index (χ4n) is 2.57. The largest absolute Gasteiger partial charge is 0.310 e. The molecule has 0 aliphatic rings. The summed E-state index contributed by atoms with van der Waals surface area (Å²) < 4.78 is 0. The summed E-state index contributed by atoms with van der Waals surface area (Å²) in [6.45, 7) is 2.75. The molecule has 0 spiro atoms. The van der Waals surface area contributed by atoms with E-state index in [1.807, 2.05) is 0 Å². The Morgan fingerprint density at radius 1 is 0.880 bits per heavy atom. The van der Waals surface area contributed by atoms with Crippen molar-refractivity contribution in [2.45, 2.75) is 38.8 Å². The summed E-state index contributed by atoms with van der Waals surface area (Å²) in [4.78, 5) is 20.5. The van der Waals surface area contributed by atoms with Gasteiger partial charge in [-0.15, -0.1) is 0 Å². The van der Waals surface area contributed by atoms with E-state index in [4.69, 9.17) is 0 Å². The van der Waals surface area contributed by atoms with E-state index in [1.54, 1.807) is 24.3 Å². The van der Waals surface area contributed by atoms with Crippen molar-refractivity contribution in [2.24, 2.45) is 0 Å². The molecular formula is C18H21N3O4. The molecule has 0 aliphatic carbocycles. The highest BCUT2D eigenvalue weighted by atomic mass is 16.6. The summed E-state index contributed by atoms with van der Waals surface area (Å²) in [6.07, 6.45) is 2.71. The molecule has 1 unspecified atom stereocenters. The minimum atomic E-state index is -0.406. The first kappa shape index (κ1) is 18.5. The lowest BCUT2D eigenvalue weighted by Gasteiger charge is -2.17. The normalized spacial score (nSPS) is 11.9. The first-order valence-electron chi connectivity index (χ1n) is 8.19. The summed E-state index contributed by atoms with van der Waals surface area (Å²) in [5.74, 6) is 0. The highest BCUT2D eigenvalue weighted by Crippen LogP contribution is 2.15. The van der Waals surface area contributed by atoms with Gasteiger partial charge >= 0.3 is 0 Å². The summed E-state index contributed by atoms with van der Waals surface area (Å²) in [5, 5.41) is 24.8. The second-order valence-corrected chi connectivity index (χ2v) is 5.87. The molecule has 0 saturated carbocycles. The summed E-state index contributed by atoms with van der Waals surface area (Å²) in [7, 11) is 0. The molecule has 7 heteroatoms. The molecule has 2 aromatic carbocycles. The van der Waals surface area contributed by atoms with Crippen molar-refractivity contribution >= 4 is 11.4 Å². The summed E-state index contributed by atoms with van der Waals surface area (Å²) in [5.41, 5.74) is 2.27. The predicted molar refractivity (Wildman–Crippen MR) is 95.4 cm³/mol. The van der Waals surface area contributed by atoms with Gasteiger partial charge in [0.25, 0.3) is 11.4 Å². The molecule has 0 heterocycles. The van der Waals surface area contributed by atoms with Gasteiger partial charge < -0.3 is 5.32 Å². The molecule has 2 rings (SSSR count). The number of aryl methyl sites for hydroxylation is 1. The van der Waals surface area contributed by atoms with Crippen LogP contribution in [0, 0.1) is 20.2 Å². The van der Waals surface area contributed by atoms with Gasteiger partial charge in [-0.3, -0.25) is 20.2 Å². The van der Waals surface area contributed by atoms with Crippen LogP contribution < -0.4 is 5.32 Å². The van der Waals surface area contributed by atoms with Gasteiger partial charge in [-0.25, -0.2) is 0 Å². The van der Waals surface area contributed by atoms with Gasteiger partial charge in [-0.1, -0.05) is 31.2 Å². The Morgan fingerprint density at radius 2 is 1.36 bits per heavy atom. The fraction of sp³-hybridized carbons (Fsp3) is 0.333. The van der Waals surface area contributed by atoms with Gasteiger partial charge in [0.05, 0.1) is 9.85 Å². The molecule has 0 aliphatic heterocycles. The Bertz CT molecular complexity index is 653. The van der Waals surface area contributed by atoms with E-state index in [0.717, 1.165) is 30.4 Å². The zero-order valence-electron chi connectivity index (χ0n) is 14.1. The maximum Gasteiger partial charge on any atom is 0.269 e. The van der Waals surface area contributed by atoms with Gasteiger partial charge in [0.2, 0.25) is 0 Å². The van der Waals surface area contributed by atoms with Crippen molar-refractivity contribution in [3.8, 4) is 0 Å². The van der Waals surface area contributed by atoms with Crippen LogP contribution in [0.3, 0.4) is 0 Å². The average molecular weight is 343 g/mol. The predicted octanol–water partition coefficient (Wildman–Crippen LogP) is 4.00. The Labute approximate surface area is 146 Å². The van der Waals surface area contributed by atoms with Gasteiger partial charge in [-0.05, 0) is 30.4 Å². The molecule has 0 radical (unpaired) electrons. The van der Waals surface area contributed by atoms with E-state index in [-0.39, 0.29) is 11.4 Å². The van der Waals surface area contributed by atoms with Gasteiger partial charge in [0.15, 0.2) is 0 Å². The first-order chi connectivity index (χ1) is 12.0. The lowest BCUT2D eigenvalue weighted by molar-refractivity contribution is -0.385. The topological polar surface area (TPSA) is 98.3 Å². The Kier molecular flexibility index (Phi) is 6.59. The Balaban J connectivity index is 1.83. The number of benzene rings is 2. The maximum absolute atomic E-state index is 10.7. The number of hydrogen-bond donors (Lipinski definition) is 1. The van der Waals surface area contributed by atoms with E-state index in [2.05, 4.69) is 12.2 Å². The monoisotopic (exact) mass is 343 g/mol. The van der Waals surface area contributed by atoms with Gasteiger partial charge in [0.1, 0.15) is 0 Å². The number of nitrogens with one attached hydrogen (secondary N) is 1. The second-order valence-electron chi connectivity index (χ2n) is 5.87. The van der Waals surface area contributed by atoms with Crippen molar-refractivity contribution in [2.75, 3.05) is 0 Å². The number of non-ortho nitro benzene ring substituents is 2. The second kappa shape index (κ2) is 8.89. The Hall–Kier alpha value is -2.80. The molecule has 0 fully saturated rings. The summed E-state index contributed by atoms with van der Waals surface area (Å²) >= 11 is 0. The smallest absolute Gasteiger partial charge is 0.269 e. The molecule has 0 aromatic heterocycles. The lowest BCUT2D eigenvalue weighted by Crippen LogP contribution is -2.28. The number of nitro groups is 2. The molecule has 0 saturated heterocycles. The van der Waals surface area contributed by atoms with Crippen molar-refractivity contribution in [3.05, 3.63) is 79.9 Å². The van der Waals surface area contributed by atoms with E-state index in [9.17, 15) is 20.2 Å². The maximum atomic E-state index is 10.7. The van der Waals surface area contributed by atoms with Crippen LogP contribution in [0.4, 0.5) is 11.4 Å². The van der Waals surface area contributed by atoms with E-state index >= 15 is 0 Å². The van der Waals surface area contributed by atoms with Crippen LogP contribution in [-0.2, 0) is 13.0 Å². The Morgan fingerprint density at radius 3 is 1.80 bits per heavy atom. The van der Waals surface area contributed by atoms with E-state index < -0.39 is 9.85 Å². The molecule has 25 heavy (non-hydrogen) atoms. The molecule has 2 aromatic rings. The van der Waals surface area contributed by atoms with Crippen LogP contribution in [0.1, 0.15) is 30.9 Å². The quantitative estimate of drug-likeness (QED) is 0.548. The zero-order chi connectivity index (χ0) is 18.2. The van der Waals surface area contributed by atoms with Crippen LogP contribution >= 0.6 is 0 Å². The number of nitrogens with zero attached hydrogens (tertiary/aromatic N) is 2. The molecule has 0 amide bonds. The van der Waals surface area contributed by atoms with Gasteiger partial charge in [-0.2, -0.15) is 0 Å². The van der Waals surface area contributed by atoms with Crippen molar-refractivity contribution in [1.29, 1.82) is 0 Å². The zero-order valence-corrected chi connectivity index (χ0v) is 14.1. The van der Waals surface area contributed by atoms with Crippen molar-refractivity contribution in [1.82, 2.24) is 5.32 Å². The minimum Gasteiger partial charge on any atom is -0.310 e. The average Bonchev–Trinajstić information content (AvgIpc) is 2.62. The lowest BCUT2D eigenvalue weighted by atomic mass is 10.0. The molecule has 1 atom stereocenters. The van der Waals surface area contributed by atoms with Crippen molar-refractivity contribution < 1.29 is 9.85 Å². The van der Waals surface area contributed by atoms with Gasteiger partial charge in [0, 0.05) is 36.9 Å². The molecular weight excluding hydrogens is 322 g/mol. The highest BCUT2D eigenvalue weighted by molar-refractivity contribution is 5.33. The molecule has 132 valence electrons. The third-order valence-electron chi connectivity index (χ3n) is 4.16. The van der Waals surface area contributed by atoms with Crippen LogP contribution in [0.25, 0.3) is 0 Å². The molecule has 1 N–H and O–H groups in total. The van der Waals surface area contributed by atoms with E-state index in [1.165, 1.54) is 24.3 Å². The first-order valence-corrected chi connectivity index (χ1v) is 8.19. The minimum absolute atomic E-state index is 0.0916. The fourth-order valence-corrected chi connectivity index (χ4v) is 2.57.